The minimum absolute atomic E-state index is 0.948. The molecule has 0 radical (unpaired) electrons. The van der Waals surface area contributed by atoms with Gasteiger partial charge in [-0.1, -0.05) is 64.5 Å². The average molecular weight is 765 g/mol. The van der Waals surface area contributed by atoms with E-state index in [0.29, 0.717) is 0 Å². The highest BCUT2D eigenvalue weighted by atomic mass is 32.1. The lowest BCUT2D eigenvalue weighted by Gasteiger charge is -2.03. The van der Waals surface area contributed by atoms with Crippen molar-refractivity contribution in [1.82, 2.24) is 0 Å². The Morgan fingerprint density at radius 1 is 0.490 bits per heavy atom. The summed E-state index contributed by atoms with van der Waals surface area (Å²) in [5.74, 6) is 1.90. The van der Waals surface area contributed by atoms with Gasteiger partial charge in [-0.15, -0.1) is 68.1 Å². The summed E-state index contributed by atoms with van der Waals surface area (Å²) in [6.07, 6.45) is 24.6. The van der Waals surface area contributed by atoms with Crippen LogP contribution >= 0.6 is 56.7 Å². The number of rotatable bonds is 18. The third kappa shape index (κ3) is 8.01. The third-order valence-corrected chi connectivity index (χ3v) is 15.7. The zero-order valence-corrected chi connectivity index (χ0v) is 33.9. The van der Waals surface area contributed by atoms with Crippen LogP contribution in [0.25, 0.3) is 50.2 Å². The molecule has 5 aromatic heterocycles. The van der Waals surface area contributed by atoms with Crippen LogP contribution < -0.4 is 9.47 Å². The van der Waals surface area contributed by atoms with Gasteiger partial charge in [0.15, 0.2) is 0 Å². The van der Waals surface area contributed by atoms with Crippen LogP contribution in [-0.4, -0.2) is 14.2 Å². The topological polar surface area (TPSA) is 18.5 Å². The molecule has 2 aliphatic rings. The van der Waals surface area contributed by atoms with E-state index in [1.165, 1.54) is 111 Å². The van der Waals surface area contributed by atoms with Gasteiger partial charge in [0.1, 0.15) is 11.5 Å². The van der Waals surface area contributed by atoms with E-state index in [4.69, 9.17) is 9.47 Å². The Kier molecular flexibility index (Phi) is 12.0. The average Bonchev–Trinajstić information content (AvgIpc) is 4.00. The molecule has 0 atom stereocenters. The Hall–Kier alpha value is -3.38. The summed E-state index contributed by atoms with van der Waals surface area (Å²) in [5.41, 5.74) is 11.9. The van der Waals surface area contributed by atoms with Crippen LogP contribution in [0.3, 0.4) is 0 Å². The van der Waals surface area contributed by atoms with Crippen molar-refractivity contribution < 1.29 is 9.47 Å². The summed E-state index contributed by atoms with van der Waals surface area (Å²) in [5, 5.41) is 0. The fourth-order valence-corrected chi connectivity index (χ4v) is 12.7. The van der Waals surface area contributed by atoms with Crippen LogP contribution in [0.15, 0.2) is 84.3 Å². The molecule has 5 heterocycles. The van der Waals surface area contributed by atoms with Crippen LogP contribution in [0.2, 0.25) is 0 Å². The molecule has 2 nitrogen and oxygen atoms in total. The SMILES string of the molecule is CCCCCCc1cc(-c2sc(C3=C=CC=C3)cc2OC)sc1-c1ccc(-c2sc(-c3sc(C4=C=CC=C4)cc3OC)cc2CCCCCC)s1. The van der Waals surface area contributed by atoms with E-state index in [1.807, 2.05) is 68.8 Å². The molecule has 51 heavy (non-hydrogen) atoms. The second-order valence-corrected chi connectivity index (χ2v) is 18.2. The molecule has 7 rings (SSSR count). The summed E-state index contributed by atoms with van der Waals surface area (Å²) in [4.78, 5) is 13.0. The van der Waals surface area contributed by atoms with Gasteiger partial charge in [0.2, 0.25) is 0 Å². The maximum atomic E-state index is 5.94. The maximum absolute atomic E-state index is 5.94. The normalized spacial score (nSPS) is 13.2. The van der Waals surface area contributed by atoms with Crippen molar-refractivity contribution in [3.8, 4) is 50.5 Å². The number of hydrogen-bond acceptors (Lipinski definition) is 7. The van der Waals surface area contributed by atoms with E-state index in [9.17, 15) is 0 Å². The number of methoxy groups -OCH3 is 2. The first-order valence-electron chi connectivity index (χ1n) is 18.1. The van der Waals surface area contributed by atoms with Gasteiger partial charge in [0.05, 0.1) is 24.0 Å². The van der Waals surface area contributed by atoms with Gasteiger partial charge in [-0.2, -0.15) is 0 Å². The molecule has 0 aromatic carbocycles. The van der Waals surface area contributed by atoms with Crippen LogP contribution in [0, 0.1) is 0 Å². The van der Waals surface area contributed by atoms with Crippen molar-refractivity contribution in [3.63, 3.8) is 0 Å². The van der Waals surface area contributed by atoms with Gasteiger partial charge in [-0.05, 0) is 85.4 Å². The van der Waals surface area contributed by atoms with Gasteiger partial charge in [0, 0.05) is 62.3 Å². The standard InChI is InChI=1S/C44H44O2S5/c1-5-7-9-11-21-31-25-39(43-33(45-3)27-37(48-43)29-17-13-14-18-29)50-41(31)35-23-24-36(47-35)42-32(22-12-10-8-6-2)26-40(51-42)44-34(46-4)28-38(49-44)30-19-15-16-20-30/h13-17,19,23-28H,5-12,21-22H2,1-4H3. The molecule has 0 spiro atoms. The largest absolute Gasteiger partial charge is 0.495 e. The smallest absolute Gasteiger partial charge is 0.138 e. The molecule has 0 amide bonds. The van der Waals surface area contributed by atoms with E-state index in [-0.39, 0.29) is 0 Å². The predicted molar refractivity (Wildman–Crippen MR) is 228 cm³/mol. The number of aryl methyl sites for hydroxylation is 2. The fraction of sp³-hybridized carbons (Fsp3) is 0.318. The summed E-state index contributed by atoms with van der Waals surface area (Å²) in [6, 6.07) is 14.0. The molecular weight excluding hydrogens is 721 g/mol. The second kappa shape index (κ2) is 17.0. The lowest BCUT2D eigenvalue weighted by Crippen LogP contribution is -1.85. The second-order valence-electron chi connectivity index (χ2n) is 12.9. The lowest BCUT2D eigenvalue weighted by atomic mass is 10.1. The Bertz CT molecular complexity index is 2040. The molecule has 0 bridgehead atoms. The number of hydrogen-bond donors (Lipinski definition) is 0. The first-order chi connectivity index (χ1) is 25.1. The first kappa shape index (κ1) is 36.0. The summed E-state index contributed by atoms with van der Waals surface area (Å²) in [7, 11) is 3.58. The molecular formula is C44H44O2S5. The third-order valence-electron chi connectivity index (χ3n) is 9.28. The number of allylic oxidation sites excluding steroid dienone is 6. The van der Waals surface area contributed by atoms with Gasteiger partial charge in [-0.25, -0.2) is 0 Å². The van der Waals surface area contributed by atoms with Crippen LogP contribution in [0.1, 0.15) is 86.1 Å². The van der Waals surface area contributed by atoms with Crippen molar-refractivity contribution in [3.05, 3.63) is 105 Å². The van der Waals surface area contributed by atoms with Gasteiger partial charge in [0.25, 0.3) is 0 Å². The Morgan fingerprint density at radius 2 is 0.941 bits per heavy atom. The van der Waals surface area contributed by atoms with Crippen molar-refractivity contribution in [2.75, 3.05) is 14.2 Å². The van der Waals surface area contributed by atoms with E-state index in [2.05, 4.69) is 86.0 Å². The number of thiophene rings is 5. The molecule has 0 aliphatic heterocycles. The molecule has 0 unspecified atom stereocenters. The van der Waals surface area contributed by atoms with Crippen LogP contribution in [0.5, 0.6) is 11.5 Å². The van der Waals surface area contributed by atoms with E-state index < -0.39 is 0 Å². The maximum Gasteiger partial charge on any atom is 0.138 e. The van der Waals surface area contributed by atoms with Crippen molar-refractivity contribution >= 4 is 67.8 Å². The molecule has 0 N–H and O–H groups in total. The van der Waals surface area contributed by atoms with Gasteiger partial charge in [-0.3, -0.25) is 0 Å². The molecule has 7 heteroatoms. The number of unbranched alkanes of at least 4 members (excludes halogenated alkanes) is 6. The highest BCUT2D eigenvalue weighted by molar-refractivity contribution is 7.30. The molecule has 5 aromatic rings. The lowest BCUT2D eigenvalue weighted by molar-refractivity contribution is 0.418. The Morgan fingerprint density at radius 3 is 1.33 bits per heavy atom. The summed E-state index contributed by atoms with van der Waals surface area (Å²) in [6.45, 7) is 4.57. The van der Waals surface area contributed by atoms with Crippen molar-refractivity contribution in [2.45, 2.75) is 78.1 Å². The quantitative estimate of drug-likeness (QED) is 0.0653. The minimum atomic E-state index is 0.948. The molecule has 262 valence electrons. The van der Waals surface area contributed by atoms with Gasteiger partial charge < -0.3 is 9.47 Å². The van der Waals surface area contributed by atoms with Crippen LogP contribution in [-0.2, 0) is 12.8 Å². The summed E-state index contributed by atoms with van der Waals surface area (Å²) >= 11 is 9.43. The van der Waals surface area contributed by atoms with Crippen molar-refractivity contribution in [2.24, 2.45) is 0 Å². The van der Waals surface area contributed by atoms with Gasteiger partial charge >= 0.3 is 0 Å². The highest BCUT2D eigenvalue weighted by Crippen LogP contribution is 2.52. The fourth-order valence-electron chi connectivity index (χ4n) is 6.56. The molecule has 0 saturated heterocycles. The monoisotopic (exact) mass is 764 g/mol. The van der Waals surface area contributed by atoms with E-state index in [0.717, 1.165) is 35.5 Å². The number of ether oxygens (including phenoxy) is 2. The minimum Gasteiger partial charge on any atom is -0.495 e. The Labute approximate surface area is 323 Å². The van der Waals surface area contributed by atoms with E-state index in [1.54, 1.807) is 14.2 Å². The predicted octanol–water partition coefficient (Wildman–Crippen LogP) is 15.1. The zero-order valence-electron chi connectivity index (χ0n) is 29.9. The van der Waals surface area contributed by atoms with Crippen molar-refractivity contribution in [1.29, 1.82) is 0 Å². The summed E-state index contributed by atoms with van der Waals surface area (Å²) < 4.78 is 11.9. The first-order valence-corrected chi connectivity index (χ1v) is 22.2. The Balaban J connectivity index is 1.25. The molecule has 0 saturated carbocycles. The zero-order chi connectivity index (χ0) is 35.2. The van der Waals surface area contributed by atoms with Crippen LogP contribution in [0.4, 0.5) is 0 Å². The molecule has 2 aliphatic carbocycles. The van der Waals surface area contributed by atoms with E-state index >= 15 is 0 Å². The molecule has 0 fully saturated rings. The highest BCUT2D eigenvalue weighted by Gasteiger charge is 2.23.